The summed E-state index contributed by atoms with van der Waals surface area (Å²) in [5.74, 6) is -1.37. The van der Waals surface area contributed by atoms with Crippen LogP contribution in [0.5, 0.6) is 0 Å². The topological polar surface area (TPSA) is 87.3 Å². The smallest absolute Gasteiger partial charge is 0.314 e. The zero-order chi connectivity index (χ0) is 18.4. The third kappa shape index (κ3) is 5.46. The maximum absolute atomic E-state index is 12.0. The highest BCUT2D eigenvalue weighted by Gasteiger charge is 2.14. The van der Waals surface area contributed by atoms with Gasteiger partial charge in [0.05, 0.1) is 0 Å². The van der Waals surface area contributed by atoms with E-state index in [1.54, 1.807) is 36.4 Å². The number of carbonyl (C=O) groups is 3. The van der Waals surface area contributed by atoms with Crippen LogP contribution in [0.4, 0.5) is 17.1 Å². The van der Waals surface area contributed by atoms with Crippen LogP contribution < -0.4 is 16.0 Å². The van der Waals surface area contributed by atoms with Gasteiger partial charge in [0.1, 0.15) is 0 Å². The number of benzene rings is 2. The molecule has 0 radical (unpaired) electrons. The Bertz CT molecular complexity index is 783. The van der Waals surface area contributed by atoms with Crippen LogP contribution in [0.25, 0.3) is 0 Å². The summed E-state index contributed by atoms with van der Waals surface area (Å²) in [6.07, 6.45) is 0. The van der Waals surface area contributed by atoms with Crippen molar-refractivity contribution < 1.29 is 14.4 Å². The first-order valence-corrected chi connectivity index (χ1v) is 7.95. The molecule has 130 valence electrons. The molecule has 25 heavy (non-hydrogen) atoms. The van der Waals surface area contributed by atoms with Crippen LogP contribution in [0, 0.1) is 0 Å². The zero-order valence-electron chi connectivity index (χ0n) is 14.4. The van der Waals surface area contributed by atoms with E-state index < -0.39 is 11.8 Å². The molecule has 0 aliphatic rings. The van der Waals surface area contributed by atoms with Crippen LogP contribution in [0.15, 0.2) is 48.5 Å². The van der Waals surface area contributed by atoms with Crippen LogP contribution in [-0.2, 0) is 14.4 Å². The third-order valence-electron chi connectivity index (χ3n) is 3.48. The molecule has 2 rings (SSSR count). The fourth-order valence-electron chi connectivity index (χ4n) is 2.21. The molecule has 0 spiro atoms. The minimum Gasteiger partial charge on any atom is -0.326 e. The summed E-state index contributed by atoms with van der Waals surface area (Å²) in [5, 5.41) is 7.67. The van der Waals surface area contributed by atoms with E-state index in [9.17, 15) is 14.4 Å². The van der Waals surface area contributed by atoms with E-state index in [4.69, 9.17) is 0 Å². The number of carbonyl (C=O) groups excluding carboxylic acids is 3. The Kier molecular flexibility index (Phi) is 5.89. The Morgan fingerprint density at radius 3 is 1.80 bits per heavy atom. The lowest BCUT2D eigenvalue weighted by Crippen LogP contribution is -2.29. The molecule has 0 saturated carbocycles. The molecule has 0 atom stereocenters. The first-order valence-electron chi connectivity index (χ1n) is 7.95. The first kappa shape index (κ1) is 18.2. The lowest BCUT2D eigenvalue weighted by atomic mass is 10.0. The van der Waals surface area contributed by atoms with Crippen molar-refractivity contribution >= 4 is 34.8 Å². The summed E-state index contributed by atoms with van der Waals surface area (Å²) >= 11 is 0. The maximum atomic E-state index is 12.0. The minimum absolute atomic E-state index is 0.217. The number of nitrogens with one attached hydrogen (secondary N) is 3. The SMILES string of the molecule is CC(=O)Nc1cccc(NC(=O)C(=O)Nc2ccc(C(C)C)cc2)c1. The van der Waals surface area contributed by atoms with Gasteiger partial charge in [-0.15, -0.1) is 0 Å². The zero-order valence-corrected chi connectivity index (χ0v) is 14.4. The molecule has 3 amide bonds. The minimum atomic E-state index is -0.784. The largest absolute Gasteiger partial charge is 0.326 e. The molecular formula is C19H21N3O3. The molecule has 6 nitrogen and oxygen atoms in total. The van der Waals surface area contributed by atoms with E-state index >= 15 is 0 Å². The predicted molar refractivity (Wildman–Crippen MR) is 98.5 cm³/mol. The molecule has 0 heterocycles. The maximum Gasteiger partial charge on any atom is 0.314 e. The van der Waals surface area contributed by atoms with Crippen LogP contribution in [0.1, 0.15) is 32.3 Å². The molecule has 0 fully saturated rings. The van der Waals surface area contributed by atoms with Crippen molar-refractivity contribution in [2.45, 2.75) is 26.7 Å². The van der Waals surface area contributed by atoms with Gasteiger partial charge in [0.2, 0.25) is 5.91 Å². The van der Waals surface area contributed by atoms with Gasteiger partial charge in [0.15, 0.2) is 0 Å². The Morgan fingerprint density at radius 1 is 0.760 bits per heavy atom. The highest BCUT2D eigenvalue weighted by Crippen LogP contribution is 2.18. The second-order valence-corrected chi connectivity index (χ2v) is 5.95. The average molecular weight is 339 g/mol. The summed E-state index contributed by atoms with van der Waals surface area (Å²) in [5.41, 5.74) is 2.66. The Hall–Kier alpha value is -3.15. The molecule has 0 aliphatic carbocycles. The average Bonchev–Trinajstić information content (AvgIpc) is 2.55. The fourth-order valence-corrected chi connectivity index (χ4v) is 2.21. The third-order valence-corrected chi connectivity index (χ3v) is 3.48. The molecule has 0 saturated heterocycles. The predicted octanol–water partition coefficient (Wildman–Crippen LogP) is 3.35. The van der Waals surface area contributed by atoms with E-state index in [1.165, 1.54) is 6.92 Å². The van der Waals surface area contributed by atoms with Gasteiger partial charge >= 0.3 is 11.8 Å². The number of hydrogen-bond donors (Lipinski definition) is 3. The van der Waals surface area contributed by atoms with Gasteiger partial charge in [0, 0.05) is 24.0 Å². The molecule has 3 N–H and O–H groups in total. The summed E-state index contributed by atoms with van der Waals surface area (Å²) in [4.78, 5) is 35.1. The number of anilines is 3. The summed E-state index contributed by atoms with van der Waals surface area (Å²) in [7, 11) is 0. The number of hydrogen-bond acceptors (Lipinski definition) is 3. The van der Waals surface area contributed by atoms with Gasteiger partial charge in [-0.3, -0.25) is 14.4 Å². The van der Waals surface area contributed by atoms with E-state index in [0.717, 1.165) is 5.56 Å². The van der Waals surface area contributed by atoms with Crippen LogP contribution >= 0.6 is 0 Å². The van der Waals surface area contributed by atoms with Crippen molar-refractivity contribution in [3.63, 3.8) is 0 Å². The van der Waals surface area contributed by atoms with E-state index in [-0.39, 0.29) is 5.91 Å². The molecule has 2 aromatic carbocycles. The second-order valence-electron chi connectivity index (χ2n) is 5.95. The molecule has 6 heteroatoms. The Labute approximate surface area is 146 Å². The Morgan fingerprint density at radius 2 is 1.28 bits per heavy atom. The van der Waals surface area contributed by atoms with Crippen molar-refractivity contribution in [3.8, 4) is 0 Å². The fraction of sp³-hybridized carbons (Fsp3) is 0.211. The van der Waals surface area contributed by atoms with Gasteiger partial charge in [-0.1, -0.05) is 32.0 Å². The monoisotopic (exact) mass is 339 g/mol. The second kappa shape index (κ2) is 8.10. The van der Waals surface area contributed by atoms with Gasteiger partial charge in [0.25, 0.3) is 0 Å². The van der Waals surface area contributed by atoms with Gasteiger partial charge < -0.3 is 16.0 Å². The van der Waals surface area contributed by atoms with Crippen molar-refractivity contribution in [1.82, 2.24) is 0 Å². The molecular weight excluding hydrogens is 318 g/mol. The van der Waals surface area contributed by atoms with Crippen LogP contribution in [0.2, 0.25) is 0 Å². The van der Waals surface area contributed by atoms with E-state index in [2.05, 4.69) is 29.8 Å². The van der Waals surface area contributed by atoms with Crippen molar-refractivity contribution in [2.24, 2.45) is 0 Å². The highest BCUT2D eigenvalue weighted by atomic mass is 16.2. The summed E-state index contributed by atoms with van der Waals surface area (Å²) in [6.45, 7) is 5.55. The Balaban J connectivity index is 1.98. The standard InChI is InChI=1S/C19H21N3O3/c1-12(2)14-7-9-15(10-8-14)21-18(24)19(25)22-17-6-4-5-16(11-17)20-13(3)23/h4-12H,1-3H3,(H,20,23)(H,21,24)(H,22,25). The van der Waals surface area contributed by atoms with Crippen molar-refractivity contribution in [1.29, 1.82) is 0 Å². The number of amides is 3. The van der Waals surface area contributed by atoms with E-state index in [1.807, 2.05) is 12.1 Å². The quantitative estimate of drug-likeness (QED) is 0.747. The number of rotatable bonds is 4. The summed E-state index contributed by atoms with van der Waals surface area (Å²) in [6, 6.07) is 13.9. The van der Waals surface area contributed by atoms with Gasteiger partial charge in [-0.05, 0) is 41.8 Å². The molecule has 0 aliphatic heterocycles. The first-order chi connectivity index (χ1) is 11.8. The molecule has 0 bridgehead atoms. The van der Waals surface area contributed by atoms with Crippen LogP contribution in [0.3, 0.4) is 0 Å². The molecule has 2 aromatic rings. The van der Waals surface area contributed by atoms with Gasteiger partial charge in [-0.2, -0.15) is 0 Å². The summed E-state index contributed by atoms with van der Waals surface area (Å²) < 4.78 is 0. The van der Waals surface area contributed by atoms with Crippen molar-refractivity contribution in [2.75, 3.05) is 16.0 Å². The molecule has 0 aromatic heterocycles. The highest BCUT2D eigenvalue weighted by molar-refractivity contribution is 6.43. The van der Waals surface area contributed by atoms with E-state index in [0.29, 0.717) is 23.0 Å². The normalized spacial score (nSPS) is 10.2. The van der Waals surface area contributed by atoms with Crippen molar-refractivity contribution in [3.05, 3.63) is 54.1 Å². The van der Waals surface area contributed by atoms with Crippen LogP contribution in [-0.4, -0.2) is 17.7 Å². The lowest BCUT2D eigenvalue weighted by molar-refractivity contribution is -0.132. The van der Waals surface area contributed by atoms with Gasteiger partial charge in [-0.25, -0.2) is 0 Å². The lowest BCUT2D eigenvalue weighted by Gasteiger charge is -2.09. The molecule has 0 unspecified atom stereocenters.